The van der Waals surface area contributed by atoms with Gasteiger partial charge in [0.15, 0.2) is 5.82 Å². The van der Waals surface area contributed by atoms with Gasteiger partial charge in [0.1, 0.15) is 13.3 Å². The van der Waals surface area contributed by atoms with E-state index in [1.54, 1.807) is 16.0 Å². The lowest BCUT2D eigenvalue weighted by Gasteiger charge is -1.97. The molecule has 3 aromatic rings. The Morgan fingerprint density at radius 3 is 3.15 bits per heavy atom. The number of benzene rings is 1. The molecule has 0 fully saturated rings. The maximum absolute atomic E-state index is 5.49. The Bertz CT molecular complexity index is 756. The largest absolute Gasteiger partial charge is 0.461 e. The molecule has 0 amide bonds. The third kappa shape index (κ3) is 1.95. The number of rotatable bonds is 1. The first-order valence-corrected chi connectivity index (χ1v) is 7.14. The molecule has 7 heteroatoms. The molecular weight excluding hydrogens is 276 g/mol. The van der Waals surface area contributed by atoms with Crippen LogP contribution < -0.4 is 4.74 Å². The minimum atomic E-state index is 0.375. The first kappa shape index (κ1) is 11.8. The monoisotopic (exact) mass is 288 g/mol. The molecule has 1 aliphatic rings. The highest BCUT2D eigenvalue weighted by Crippen LogP contribution is 2.27. The molecule has 0 spiro atoms. The van der Waals surface area contributed by atoms with Gasteiger partial charge in [0.25, 0.3) is 0 Å². The number of aryl methyl sites for hydroxylation is 1. The second-order valence-corrected chi connectivity index (χ2v) is 5.75. The van der Waals surface area contributed by atoms with Crippen LogP contribution in [0.25, 0.3) is 21.6 Å². The van der Waals surface area contributed by atoms with E-state index in [0.717, 1.165) is 16.1 Å². The normalized spacial score (nSPS) is 14.8. The van der Waals surface area contributed by atoms with Crippen LogP contribution in [0.2, 0.25) is 0 Å². The molecule has 6 nitrogen and oxygen atoms in total. The van der Waals surface area contributed by atoms with Crippen molar-refractivity contribution in [2.24, 2.45) is 0 Å². The van der Waals surface area contributed by atoms with Gasteiger partial charge in [-0.2, -0.15) is 9.67 Å². The lowest BCUT2D eigenvalue weighted by molar-refractivity contribution is 0.0738. The van der Waals surface area contributed by atoms with Gasteiger partial charge in [-0.1, -0.05) is 0 Å². The van der Waals surface area contributed by atoms with Crippen LogP contribution in [0.4, 0.5) is 0 Å². The topological polar surface area (TPSA) is 62.1 Å². The summed E-state index contributed by atoms with van der Waals surface area (Å²) >= 11 is 1.68. The molecule has 4 rings (SSSR count). The van der Waals surface area contributed by atoms with Gasteiger partial charge in [0, 0.05) is 5.56 Å². The number of ether oxygens (including phenoxy) is 2. The smallest absolute Gasteiger partial charge is 0.317 e. The fourth-order valence-corrected chi connectivity index (χ4v) is 2.97. The van der Waals surface area contributed by atoms with Crippen molar-refractivity contribution in [3.63, 3.8) is 0 Å². The van der Waals surface area contributed by atoms with Crippen LogP contribution in [0.1, 0.15) is 5.01 Å². The fourth-order valence-electron chi connectivity index (χ4n) is 2.17. The standard InChI is InChI=1S/C13H12N4O2S/c1-8-14-10-6-9(2-3-11(10)20-8)12-15-13-17(16-12)7-18-4-5-19-13/h2-3,6H,4-5,7H2,1H3. The summed E-state index contributed by atoms with van der Waals surface area (Å²) in [6.07, 6.45) is 0. The highest BCUT2D eigenvalue weighted by molar-refractivity contribution is 7.18. The van der Waals surface area contributed by atoms with Crippen LogP contribution in [-0.2, 0) is 11.5 Å². The predicted molar refractivity (Wildman–Crippen MR) is 74.8 cm³/mol. The summed E-state index contributed by atoms with van der Waals surface area (Å²) < 4.78 is 13.7. The highest BCUT2D eigenvalue weighted by Gasteiger charge is 2.16. The Hall–Kier alpha value is -1.99. The lowest BCUT2D eigenvalue weighted by atomic mass is 10.2. The van der Waals surface area contributed by atoms with Crippen LogP contribution in [0, 0.1) is 6.92 Å². The van der Waals surface area contributed by atoms with Gasteiger partial charge < -0.3 is 9.47 Å². The van der Waals surface area contributed by atoms with Crippen molar-refractivity contribution < 1.29 is 9.47 Å². The maximum Gasteiger partial charge on any atom is 0.317 e. The Morgan fingerprint density at radius 2 is 2.20 bits per heavy atom. The minimum absolute atomic E-state index is 0.375. The van der Waals surface area contributed by atoms with Crippen molar-refractivity contribution in [3.05, 3.63) is 23.2 Å². The summed E-state index contributed by atoms with van der Waals surface area (Å²) in [5.41, 5.74) is 1.92. The van der Waals surface area contributed by atoms with Crippen LogP contribution in [0.3, 0.4) is 0 Å². The summed E-state index contributed by atoms with van der Waals surface area (Å²) in [5.74, 6) is 0.637. The van der Waals surface area contributed by atoms with Crippen molar-refractivity contribution in [1.29, 1.82) is 0 Å². The minimum Gasteiger partial charge on any atom is -0.461 e. The average Bonchev–Trinajstić information content (AvgIpc) is 2.94. The van der Waals surface area contributed by atoms with Crippen molar-refractivity contribution in [1.82, 2.24) is 19.7 Å². The Kier molecular flexibility index (Phi) is 2.68. The summed E-state index contributed by atoms with van der Waals surface area (Å²) in [7, 11) is 0. The zero-order valence-corrected chi connectivity index (χ0v) is 11.7. The van der Waals surface area contributed by atoms with Crippen LogP contribution in [-0.4, -0.2) is 33.0 Å². The van der Waals surface area contributed by atoms with Crippen molar-refractivity contribution in [3.8, 4) is 17.4 Å². The van der Waals surface area contributed by atoms with Gasteiger partial charge in [0.05, 0.1) is 21.8 Å². The Morgan fingerprint density at radius 1 is 1.25 bits per heavy atom. The van der Waals surface area contributed by atoms with Gasteiger partial charge in [-0.15, -0.1) is 16.4 Å². The fraction of sp³-hybridized carbons (Fsp3) is 0.308. The summed E-state index contributed by atoms with van der Waals surface area (Å²) in [6, 6.07) is 6.58. The van der Waals surface area contributed by atoms with Crippen molar-refractivity contribution >= 4 is 21.6 Å². The highest BCUT2D eigenvalue weighted by atomic mass is 32.1. The number of thiazole rings is 1. The van der Waals surface area contributed by atoms with E-state index in [1.165, 1.54) is 4.70 Å². The van der Waals surface area contributed by atoms with E-state index in [1.807, 2.05) is 19.1 Å². The van der Waals surface area contributed by atoms with Gasteiger partial charge in [0.2, 0.25) is 0 Å². The second-order valence-electron chi connectivity index (χ2n) is 4.52. The quantitative estimate of drug-likeness (QED) is 0.687. The Labute approximate surface area is 119 Å². The molecule has 2 aromatic heterocycles. The van der Waals surface area contributed by atoms with Crippen molar-refractivity contribution in [2.45, 2.75) is 13.7 Å². The number of hydrogen-bond acceptors (Lipinski definition) is 6. The Balaban J connectivity index is 1.78. The second kappa shape index (κ2) is 4.53. The molecule has 0 atom stereocenters. The molecule has 1 aliphatic heterocycles. The van der Waals surface area contributed by atoms with E-state index in [-0.39, 0.29) is 0 Å². The molecule has 0 bridgehead atoms. The van der Waals surface area contributed by atoms with E-state index < -0.39 is 0 Å². The molecular formula is C13H12N4O2S. The van der Waals surface area contributed by atoms with E-state index in [9.17, 15) is 0 Å². The molecule has 20 heavy (non-hydrogen) atoms. The SMILES string of the molecule is Cc1nc2cc(-c3nc4n(n3)COCCO4)ccc2s1. The number of hydrogen-bond donors (Lipinski definition) is 0. The van der Waals surface area contributed by atoms with E-state index in [2.05, 4.69) is 21.1 Å². The molecule has 1 aromatic carbocycles. The predicted octanol–water partition coefficient (Wildman–Crippen LogP) is 2.23. The molecule has 0 unspecified atom stereocenters. The van der Waals surface area contributed by atoms with Gasteiger partial charge in [-0.25, -0.2) is 4.98 Å². The molecule has 102 valence electrons. The summed E-state index contributed by atoms with van der Waals surface area (Å²) in [4.78, 5) is 8.92. The van der Waals surface area contributed by atoms with Gasteiger partial charge in [-0.05, 0) is 25.1 Å². The number of nitrogens with zero attached hydrogens (tertiary/aromatic N) is 4. The zero-order chi connectivity index (χ0) is 13.5. The van der Waals surface area contributed by atoms with E-state index >= 15 is 0 Å². The van der Waals surface area contributed by atoms with Crippen LogP contribution >= 0.6 is 11.3 Å². The third-order valence-electron chi connectivity index (χ3n) is 3.06. The third-order valence-corrected chi connectivity index (χ3v) is 4.01. The molecule has 0 N–H and O–H groups in total. The summed E-state index contributed by atoms with van der Waals surface area (Å²) in [6.45, 7) is 3.44. The van der Waals surface area contributed by atoms with Gasteiger partial charge in [-0.3, -0.25) is 0 Å². The molecule has 0 radical (unpaired) electrons. The van der Waals surface area contributed by atoms with E-state index in [0.29, 0.717) is 31.8 Å². The molecule has 0 saturated carbocycles. The number of fused-ring (bicyclic) bond motifs is 2. The lowest BCUT2D eigenvalue weighted by Crippen LogP contribution is -2.02. The van der Waals surface area contributed by atoms with Crippen LogP contribution in [0.15, 0.2) is 18.2 Å². The van der Waals surface area contributed by atoms with Crippen molar-refractivity contribution in [2.75, 3.05) is 13.2 Å². The summed E-state index contributed by atoms with van der Waals surface area (Å²) in [5, 5.41) is 5.48. The molecule has 0 saturated heterocycles. The van der Waals surface area contributed by atoms with Gasteiger partial charge >= 0.3 is 6.01 Å². The first-order chi connectivity index (χ1) is 9.79. The van der Waals surface area contributed by atoms with Crippen LogP contribution in [0.5, 0.6) is 6.01 Å². The first-order valence-electron chi connectivity index (χ1n) is 6.32. The maximum atomic E-state index is 5.49. The van der Waals surface area contributed by atoms with E-state index in [4.69, 9.17) is 9.47 Å². The average molecular weight is 288 g/mol. The molecule has 0 aliphatic carbocycles. The molecule has 3 heterocycles. The zero-order valence-electron chi connectivity index (χ0n) is 10.9. The number of aromatic nitrogens is 4.